The Morgan fingerprint density at radius 3 is 2.59 bits per heavy atom. The average Bonchev–Trinajstić information content (AvgIpc) is 2.81. The number of aliphatic imine (C=N–C) groups is 1. The SMILES string of the molecule is CN=C(NCc1cnn(C)c1)NCC1(CC(C)C)CCC1.I. The molecular formula is C16H30IN5. The predicted octanol–water partition coefficient (Wildman–Crippen LogP) is 2.92. The quantitative estimate of drug-likeness (QED) is 0.424. The van der Waals surface area contributed by atoms with Crippen molar-refractivity contribution in [1.29, 1.82) is 0 Å². The minimum Gasteiger partial charge on any atom is -0.356 e. The molecule has 126 valence electrons. The van der Waals surface area contributed by atoms with E-state index in [1.165, 1.54) is 31.2 Å². The van der Waals surface area contributed by atoms with Crippen LogP contribution in [0.25, 0.3) is 0 Å². The first-order valence-electron chi connectivity index (χ1n) is 7.95. The molecule has 1 aliphatic carbocycles. The summed E-state index contributed by atoms with van der Waals surface area (Å²) in [4.78, 5) is 4.32. The van der Waals surface area contributed by atoms with Gasteiger partial charge >= 0.3 is 0 Å². The van der Waals surface area contributed by atoms with Crippen LogP contribution in [0.3, 0.4) is 0 Å². The van der Waals surface area contributed by atoms with E-state index in [4.69, 9.17) is 0 Å². The van der Waals surface area contributed by atoms with E-state index in [1.807, 2.05) is 31.2 Å². The molecule has 0 unspecified atom stereocenters. The van der Waals surface area contributed by atoms with Crippen LogP contribution in [0.5, 0.6) is 0 Å². The number of nitrogens with one attached hydrogen (secondary N) is 2. The van der Waals surface area contributed by atoms with E-state index >= 15 is 0 Å². The first kappa shape index (κ1) is 19.3. The molecule has 1 aromatic heterocycles. The third-order valence-corrected chi connectivity index (χ3v) is 4.33. The molecule has 1 aliphatic rings. The van der Waals surface area contributed by atoms with E-state index in [1.54, 1.807) is 0 Å². The predicted molar refractivity (Wildman–Crippen MR) is 103 cm³/mol. The highest BCUT2D eigenvalue weighted by molar-refractivity contribution is 14.0. The van der Waals surface area contributed by atoms with Crippen LogP contribution in [0.2, 0.25) is 0 Å². The molecule has 0 saturated heterocycles. The van der Waals surface area contributed by atoms with Crippen LogP contribution in [0.4, 0.5) is 0 Å². The normalized spacial score (nSPS) is 16.9. The molecule has 2 N–H and O–H groups in total. The number of aryl methyl sites for hydroxylation is 1. The third-order valence-electron chi connectivity index (χ3n) is 4.33. The highest BCUT2D eigenvalue weighted by atomic mass is 127. The van der Waals surface area contributed by atoms with Crippen molar-refractivity contribution in [3.63, 3.8) is 0 Å². The van der Waals surface area contributed by atoms with Gasteiger partial charge in [0.05, 0.1) is 6.20 Å². The van der Waals surface area contributed by atoms with Crippen molar-refractivity contribution in [2.75, 3.05) is 13.6 Å². The topological polar surface area (TPSA) is 54.2 Å². The van der Waals surface area contributed by atoms with Gasteiger partial charge in [-0.1, -0.05) is 20.3 Å². The molecule has 0 radical (unpaired) electrons. The number of guanidine groups is 1. The lowest BCUT2D eigenvalue weighted by atomic mass is 9.64. The van der Waals surface area contributed by atoms with Gasteiger partial charge in [-0.15, -0.1) is 24.0 Å². The van der Waals surface area contributed by atoms with Gasteiger partial charge in [-0.25, -0.2) is 0 Å². The molecule has 6 heteroatoms. The second-order valence-corrected chi connectivity index (χ2v) is 6.75. The highest BCUT2D eigenvalue weighted by Gasteiger charge is 2.37. The molecule has 1 fully saturated rings. The highest BCUT2D eigenvalue weighted by Crippen LogP contribution is 2.45. The first-order valence-corrected chi connectivity index (χ1v) is 7.95. The average molecular weight is 419 g/mol. The minimum atomic E-state index is 0. The summed E-state index contributed by atoms with van der Waals surface area (Å²) < 4.78 is 1.82. The van der Waals surface area contributed by atoms with Gasteiger partial charge in [0.25, 0.3) is 0 Å². The molecule has 0 aromatic carbocycles. The maximum atomic E-state index is 4.32. The molecule has 0 atom stereocenters. The maximum absolute atomic E-state index is 4.32. The molecule has 2 rings (SSSR count). The van der Waals surface area contributed by atoms with Gasteiger partial charge in [-0.3, -0.25) is 9.67 Å². The molecule has 0 amide bonds. The summed E-state index contributed by atoms with van der Waals surface area (Å²) >= 11 is 0. The summed E-state index contributed by atoms with van der Waals surface area (Å²) in [6.45, 7) is 6.41. The molecule has 1 saturated carbocycles. The summed E-state index contributed by atoms with van der Waals surface area (Å²) in [5.41, 5.74) is 1.65. The zero-order valence-corrected chi connectivity index (χ0v) is 16.6. The van der Waals surface area contributed by atoms with Crippen LogP contribution in [-0.2, 0) is 13.6 Å². The fourth-order valence-corrected chi connectivity index (χ4v) is 3.24. The Hall–Kier alpha value is -0.790. The van der Waals surface area contributed by atoms with Crippen molar-refractivity contribution in [2.24, 2.45) is 23.4 Å². The molecule has 0 bridgehead atoms. The largest absolute Gasteiger partial charge is 0.356 e. The van der Waals surface area contributed by atoms with Crippen molar-refractivity contribution < 1.29 is 0 Å². The van der Waals surface area contributed by atoms with Crippen molar-refractivity contribution in [3.8, 4) is 0 Å². The van der Waals surface area contributed by atoms with Gasteiger partial charge in [-0.05, 0) is 30.6 Å². The molecule has 0 spiro atoms. The number of rotatable bonds is 6. The Bertz CT molecular complexity index is 477. The van der Waals surface area contributed by atoms with Gasteiger partial charge in [0.1, 0.15) is 0 Å². The van der Waals surface area contributed by atoms with E-state index in [0.717, 1.165) is 25.0 Å². The molecule has 22 heavy (non-hydrogen) atoms. The molecular weight excluding hydrogens is 389 g/mol. The van der Waals surface area contributed by atoms with Gasteiger partial charge in [0.2, 0.25) is 0 Å². The summed E-state index contributed by atoms with van der Waals surface area (Å²) in [5.74, 6) is 1.64. The first-order chi connectivity index (χ1) is 10.0. The van der Waals surface area contributed by atoms with Crippen LogP contribution < -0.4 is 10.6 Å². The Labute approximate surface area is 151 Å². The monoisotopic (exact) mass is 419 g/mol. The number of halogens is 1. The van der Waals surface area contributed by atoms with Crippen LogP contribution in [0.15, 0.2) is 17.4 Å². The smallest absolute Gasteiger partial charge is 0.191 e. The summed E-state index contributed by atoms with van der Waals surface area (Å²) in [7, 11) is 3.76. The van der Waals surface area contributed by atoms with Crippen molar-refractivity contribution in [1.82, 2.24) is 20.4 Å². The zero-order valence-electron chi connectivity index (χ0n) is 14.2. The third kappa shape index (κ3) is 5.44. The zero-order chi connectivity index (χ0) is 15.3. The molecule has 1 aromatic rings. The lowest BCUT2D eigenvalue weighted by Crippen LogP contribution is -2.46. The van der Waals surface area contributed by atoms with Gasteiger partial charge in [0.15, 0.2) is 5.96 Å². The van der Waals surface area contributed by atoms with Gasteiger partial charge < -0.3 is 10.6 Å². The Kier molecular flexibility index (Phi) is 7.65. The van der Waals surface area contributed by atoms with Crippen LogP contribution in [0.1, 0.15) is 45.1 Å². The Morgan fingerprint density at radius 2 is 2.14 bits per heavy atom. The lowest BCUT2D eigenvalue weighted by molar-refractivity contribution is 0.104. The van der Waals surface area contributed by atoms with Crippen molar-refractivity contribution in [3.05, 3.63) is 18.0 Å². The van der Waals surface area contributed by atoms with E-state index in [2.05, 4.69) is 34.6 Å². The van der Waals surface area contributed by atoms with E-state index in [9.17, 15) is 0 Å². The van der Waals surface area contributed by atoms with Crippen LogP contribution in [-0.4, -0.2) is 29.3 Å². The maximum Gasteiger partial charge on any atom is 0.191 e. The fraction of sp³-hybridized carbons (Fsp3) is 0.750. The number of nitrogens with zero attached hydrogens (tertiary/aromatic N) is 3. The molecule has 5 nitrogen and oxygen atoms in total. The van der Waals surface area contributed by atoms with Crippen LogP contribution in [0, 0.1) is 11.3 Å². The lowest BCUT2D eigenvalue weighted by Gasteiger charge is -2.43. The molecule has 1 heterocycles. The second-order valence-electron chi connectivity index (χ2n) is 6.75. The Balaban J connectivity index is 0.00000242. The van der Waals surface area contributed by atoms with Gasteiger partial charge in [-0.2, -0.15) is 5.10 Å². The summed E-state index contributed by atoms with van der Waals surface area (Å²) in [6, 6.07) is 0. The number of aromatic nitrogens is 2. The summed E-state index contributed by atoms with van der Waals surface area (Å²) in [5, 5.41) is 11.0. The van der Waals surface area contributed by atoms with Gasteiger partial charge in [0, 0.05) is 38.9 Å². The van der Waals surface area contributed by atoms with E-state index in [0.29, 0.717) is 5.41 Å². The molecule has 0 aliphatic heterocycles. The van der Waals surface area contributed by atoms with Crippen molar-refractivity contribution in [2.45, 2.75) is 46.1 Å². The second kappa shape index (κ2) is 8.74. The van der Waals surface area contributed by atoms with Crippen LogP contribution >= 0.6 is 24.0 Å². The van der Waals surface area contributed by atoms with Crippen molar-refractivity contribution >= 4 is 29.9 Å². The standard InChI is InChI=1S/C16H29N5.HI/c1-13(2)8-16(6-5-7-16)12-19-15(17-3)18-9-14-10-20-21(4)11-14;/h10-11,13H,5-9,12H2,1-4H3,(H2,17,18,19);1H. The minimum absolute atomic E-state index is 0. The summed E-state index contributed by atoms with van der Waals surface area (Å²) in [6.07, 6.45) is 9.27. The van der Waals surface area contributed by atoms with E-state index in [-0.39, 0.29) is 24.0 Å². The Morgan fingerprint density at radius 1 is 1.41 bits per heavy atom. The fourth-order valence-electron chi connectivity index (χ4n) is 3.24. The number of hydrogen-bond acceptors (Lipinski definition) is 2. The van der Waals surface area contributed by atoms with E-state index < -0.39 is 0 Å². The number of hydrogen-bond donors (Lipinski definition) is 2.